The number of alkyl halides is 3. The van der Waals surface area contributed by atoms with Gasteiger partial charge in [-0.3, -0.25) is 0 Å². The van der Waals surface area contributed by atoms with Gasteiger partial charge in [-0.15, -0.1) is 0 Å². The van der Waals surface area contributed by atoms with Crippen molar-refractivity contribution in [1.82, 2.24) is 0 Å². The highest BCUT2D eigenvalue weighted by atomic mass is 19.4. The van der Waals surface area contributed by atoms with Crippen LogP contribution in [0.4, 0.5) is 22.0 Å². The fraction of sp³-hybridized carbons (Fsp3) is 0.0769. The molecule has 0 bridgehead atoms. The van der Waals surface area contributed by atoms with Crippen LogP contribution >= 0.6 is 0 Å². The Morgan fingerprint density at radius 2 is 1.67 bits per heavy atom. The number of hydrogen-bond acceptors (Lipinski definition) is 0. The molecule has 2 aromatic rings. The summed E-state index contributed by atoms with van der Waals surface area (Å²) in [6.07, 6.45) is -4.65. The number of hydrogen-bond donors (Lipinski definition) is 0. The fourth-order valence-corrected chi connectivity index (χ4v) is 1.59. The highest BCUT2D eigenvalue weighted by Crippen LogP contribution is 2.37. The first-order valence-corrected chi connectivity index (χ1v) is 4.93. The van der Waals surface area contributed by atoms with Crippen molar-refractivity contribution >= 4 is 0 Å². The molecule has 0 aliphatic heterocycles. The number of halogens is 5. The summed E-state index contributed by atoms with van der Waals surface area (Å²) in [4.78, 5) is 0. The highest BCUT2D eigenvalue weighted by Gasteiger charge is 2.34. The Hall–Kier alpha value is -1.91. The van der Waals surface area contributed by atoms with Crippen molar-refractivity contribution in [3.8, 4) is 11.1 Å². The smallest absolute Gasteiger partial charge is 0.204 e. The lowest BCUT2D eigenvalue weighted by molar-refractivity contribution is -0.137. The van der Waals surface area contributed by atoms with Crippen LogP contribution in [0.1, 0.15) is 5.56 Å². The molecule has 0 fully saturated rings. The second-order valence-corrected chi connectivity index (χ2v) is 3.56. The third-order valence-electron chi connectivity index (χ3n) is 2.38. The molecule has 0 saturated carbocycles. The van der Waals surface area contributed by atoms with E-state index in [-0.39, 0.29) is 0 Å². The molecular formula is C13H6F5. The summed E-state index contributed by atoms with van der Waals surface area (Å²) in [5.74, 6) is -2.51. The first-order valence-electron chi connectivity index (χ1n) is 4.93. The molecule has 0 spiro atoms. The average Bonchev–Trinajstić information content (AvgIpc) is 2.32. The standard InChI is InChI=1S/C13H6F5/c14-11-7-3-5-9(12(11)15)8-4-1-2-6-10(8)13(16,17)18/h1-3,5-7H. The topological polar surface area (TPSA) is 0 Å². The van der Waals surface area contributed by atoms with Crippen LogP contribution in [0.2, 0.25) is 0 Å². The molecule has 18 heavy (non-hydrogen) atoms. The minimum absolute atomic E-state index is 0.456. The van der Waals surface area contributed by atoms with E-state index in [1.165, 1.54) is 6.07 Å². The summed E-state index contributed by atoms with van der Waals surface area (Å²) in [5, 5.41) is 0. The van der Waals surface area contributed by atoms with E-state index in [1.54, 1.807) is 0 Å². The van der Waals surface area contributed by atoms with Crippen LogP contribution in [0.15, 0.2) is 36.4 Å². The van der Waals surface area contributed by atoms with Crippen LogP contribution < -0.4 is 0 Å². The van der Waals surface area contributed by atoms with Crippen molar-refractivity contribution in [3.63, 3.8) is 0 Å². The first kappa shape index (κ1) is 12.5. The lowest BCUT2D eigenvalue weighted by Gasteiger charge is -2.13. The molecule has 2 aromatic carbocycles. The van der Waals surface area contributed by atoms with Gasteiger partial charge in [-0.05, 0) is 18.2 Å². The van der Waals surface area contributed by atoms with Gasteiger partial charge in [0.25, 0.3) is 0 Å². The molecule has 0 N–H and O–H groups in total. The zero-order valence-corrected chi connectivity index (χ0v) is 8.85. The van der Waals surface area contributed by atoms with Crippen LogP contribution in [0.5, 0.6) is 0 Å². The second-order valence-electron chi connectivity index (χ2n) is 3.56. The summed E-state index contributed by atoms with van der Waals surface area (Å²) in [6, 6.07) is 8.54. The van der Waals surface area contributed by atoms with Crippen molar-refractivity contribution < 1.29 is 22.0 Å². The summed E-state index contributed by atoms with van der Waals surface area (Å²) in [6.45, 7) is 0. The van der Waals surface area contributed by atoms with Gasteiger partial charge in [0.1, 0.15) is 0 Å². The first-order chi connectivity index (χ1) is 8.41. The summed E-state index contributed by atoms with van der Waals surface area (Å²) in [7, 11) is 0. The van der Waals surface area contributed by atoms with E-state index in [1.807, 2.05) is 0 Å². The number of benzene rings is 2. The lowest BCUT2D eigenvalue weighted by atomic mass is 9.99. The van der Waals surface area contributed by atoms with Gasteiger partial charge in [-0.1, -0.05) is 24.3 Å². The van der Waals surface area contributed by atoms with E-state index < -0.39 is 34.5 Å². The van der Waals surface area contributed by atoms with Gasteiger partial charge in [0.05, 0.1) is 5.56 Å². The van der Waals surface area contributed by atoms with Gasteiger partial charge in [-0.2, -0.15) is 13.2 Å². The molecule has 0 atom stereocenters. The number of rotatable bonds is 1. The largest absolute Gasteiger partial charge is 0.417 e. The third kappa shape index (κ3) is 2.20. The molecule has 5 heteroatoms. The van der Waals surface area contributed by atoms with Crippen LogP contribution in [-0.2, 0) is 6.18 Å². The summed E-state index contributed by atoms with van der Waals surface area (Å²) >= 11 is 0. The van der Waals surface area contributed by atoms with E-state index in [0.29, 0.717) is 0 Å². The summed E-state index contributed by atoms with van der Waals surface area (Å²) in [5.41, 5.74) is -2.00. The minimum Gasteiger partial charge on any atom is -0.204 e. The minimum atomic E-state index is -4.65. The molecule has 2 rings (SSSR count). The molecule has 0 amide bonds. The lowest BCUT2D eigenvalue weighted by Crippen LogP contribution is -2.07. The predicted octanol–water partition coefficient (Wildman–Crippen LogP) is 4.45. The molecule has 0 aliphatic rings. The van der Waals surface area contributed by atoms with E-state index in [0.717, 1.165) is 30.3 Å². The van der Waals surface area contributed by atoms with E-state index in [4.69, 9.17) is 0 Å². The molecule has 0 nitrogen and oxygen atoms in total. The molecule has 0 saturated heterocycles. The van der Waals surface area contributed by atoms with Gasteiger partial charge in [0.15, 0.2) is 11.6 Å². The molecule has 0 aliphatic carbocycles. The van der Waals surface area contributed by atoms with Crippen LogP contribution in [-0.4, -0.2) is 0 Å². The zero-order chi connectivity index (χ0) is 13.3. The molecule has 0 heterocycles. The van der Waals surface area contributed by atoms with E-state index in [9.17, 15) is 22.0 Å². The Balaban J connectivity index is 2.69. The second kappa shape index (κ2) is 4.40. The Morgan fingerprint density at radius 3 is 2.33 bits per heavy atom. The third-order valence-corrected chi connectivity index (χ3v) is 2.38. The van der Waals surface area contributed by atoms with Crippen LogP contribution in [0, 0.1) is 17.7 Å². The molecular weight excluding hydrogens is 251 g/mol. The Labute approximate surface area is 99.7 Å². The van der Waals surface area contributed by atoms with Gasteiger partial charge in [-0.25, -0.2) is 8.78 Å². The molecule has 1 radical (unpaired) electrons. The summed E-state index contributed by atoms with van der Waals surface area (Å²) < 4.78 is 64.7. The predicted molar refractivity (Wildman–Crippen MR) is 55.6 cm³/mol. The van der Waals surface area contributed by atoms with Crippen LogP contribution in [0.3, 0.4) is 0 Å². The normalized spacial score (nSPS) is 11.6. The maximum absolute atomic E-state index is 13.5. The maximum Gasteiger partial charge on any atom is 0.417 e. The Bertz CT molecular complexity index is 572. The van der Waals surface area contributed by atoms with Gasteiger partial charge < -0.3 is 0 Å². The fourth-order valence-electron chi connectivity index (χ4n) is 1.59. The quantitative estimate of drug-likeness (QED) is 0.662. The van der Waals surface area contributed by atoms with Gasteiger partial charge in [0.2, 0.25) is 0 Å². The highest BCUT2D eigenvalue weighted by molar-refractivity contribution is 5.68. The zero-order valence-electron chi connectivity index (χ0n) is 8.85. The molecule has 93 valence electrons. The Morgan fingerprint density at radius 1 is 0.944 bits per heavy atom. The van der Waals surface area contributed by atoms with E-state index in [2.05, 4.69) is 6.07 Å². The molecule has 0 unspecified atom stereocenters. The average molecular weight is 257 g/mol. The van der Waals surface area contributed by atoms with Crippen LogP contribution in [0.25, 0.3) is 11.1 Å². The van der Waals surface area contributed by atoms with Crippen molar-refractivity contribution in [1.29, 1.82) is 0 Å². The van der Waals surface area contributed by atoms with Crippen molar-refractivity contribution in [2.75, 3.05) is 0 Å². The van der Waals surface area contributed by atoms with Crippen molar-refractivity contribution in [3.05, 3.63) is 59.7 Å². The molecule has 0 aromatic heterocycles. The van der Waals surface area contributed by atoms with Crippen molar-refractivity contribution in [2.45, 2.75) is 6.18 Å². The monoisotopic (exact) mass is 257 g/mol. The Kier molecular flexibility index (Phi) is 3.07. The van der Waals surface area contributed by atoms with Crippen molar-refractivity contribution in [2.24, 2.45) is 0 Å². The van der Waals surface area contributed by atoms with E-state index >= 15 is 0 Å². The van der Waals surface area contributed by atoms with Gasteiger partial charge >= 0.3 is 6.18 Å². The van der Waals surface area contributed by atoms with Gasteiger partial charge in [0, 0.05) is 11.1 Å². The SMILES string of the molecule is Fc1cccc(-c2[c]cccc2C(F)(F)F)c1F. The maximum atomic E-state index is 13.5.